The number of fused-ring (bicyclic) bond motifs is 1. The zero-order valence-electron chi connectivity index (χ0n) is 17.5. The smallest absolute Gasteiger partial charge is 0.230 e. The lowest BCUT2D eigenvalue weighted by atomic mass is 9.84. The highest BCUT2D eigenvalue weighted by Gasteiger charge is 2.33. The molecule has 0 radical (unpaired) electrons. The van der Waals surface area contributed by atoms with E-state index in [0.717, 1.165) is 62.0 Å². The van der Waals surface area contributed by atoms with Gasteiger partial charge in [0.2, 0.25) is 11.8 Å². The first-order valence-electron chi connectivity index (χ1n) is 11.6. The molecule has 0 spiro atoms. The van der Waals surface area contributed by atoms with Crippen molar-refractivity contribution in [2.45, 2.75) is 83.1 Å². The standard InChI is InChI=1S/C24H35N3O2/c25-21-9-4-10-22-20(21)8-5-15-27(22)24(29)18-11-13-19(14-12-18)26-23(28)16-17-6-2-1-3-7-17/h4,9-10,17-19H,1-3,5-8,11-16,25H2,(H,26,28). The maximum atomic E-state index is 13.2. The van der Waals surface area contributed by atoms with E-state index in [1.807, 2.05) is 23.1 Å². The molecule has 2 saturated carbocycles. The zero-order chi connectivity index (χ0) is 20.2. The van der Waals surface area contributed by atoms with Crippen molar-refractivity contribution < 1.29 is 9.59 Å². The number of anilines is 2. The Labute approximate surface area is 174 Å². The summed E-state index contributed by atoms with van der Waals surface area (Å²) >= 11 is 0. The molecule has 0 bridgehead atoms. The fourth-order valence-electron chi connectivity index (χ4n) is 5.53. The highest BCUT2D eigenvalue weighted by molar-refractivity contribution is 5.97. The summed E-state index contributed by atoms with van der Waals surface area (Å²) in [5.41, 5.74) is 9.06. The van der Waals surface area contributed by atoms with Crippen LogP contribution in [0, 0.1) is 11.8 Å². The van der Waals surface area contributed by atoms with E-state index in [-0.39, 0.29) is 23.8 Å². The number of rotatable bonds is 4. The summed E-state index contributed by atoms with van der Waals surface area (Å²) < 4.78 is 0. The van der Waals surface area contributed by atoms with Gasteiger partial charge < -0.3 is 16.0 Å². The second-order valence-electron chi connectivity index (χ2n) is 9.26. The van der Waals surface area contributed by atoms with Gasteiger partial charge in [0.25, 0.3) is 0 Å². The molecule has 1 aromatic carbocycles. The molecular formula is C24H35N3O2. The molecule has 2 aliphatic carbocycles. The van der Waals surface area contributed by atoms with Crippen LogP contribution >= 0.6 is 0 Å². The van der Waals surface area contributed by atoms with Crippen LogP contribution in [0.5, 0.6) is 0 Å². The topological polar surface area (TPSA) is 75.4 Å². The van der Waals surface area contributed by atoms with Crippen molar-refractivity contribution in [3.05, 3.63) is 23.8 Å². The van der Waals surface area contributed by atoms with E-state index >= 15 is 0 Å². The normalized spacial score (nSPS) is 25.3. The molecule has 1 aromatic rings. The summed E-state index contributed by atoms with van der Waals surface area (Å²) in [7, 11) is 0. The molecule has 1 heterocycles. The maximum Gasteiger partial charge on any atom is 0.230 e. The third-order valence-electron chi connectivity index (χ3n) is 7.19. The van der Waals surface area contributed by atoms with E-state index < -0.39 is 0 Å². The number of nitrogens with one attached hydrogen (secondary N) is 1. The van der Waals surface area contributed by atoms with Crippen LogP contribution in [0.15, 0.2) is 18.2 Å². The van der Waals surface area contributed by atoms with Crippen LogP contribution in [0.1, 0.15) is 76.2 Å². The summed E-state index contributed by atoms with van der Waals surface area (Å²) in [6.45, 7) is 0.785. The van der Waals surface area contributed by atoms with Crippen molar-refractivity contribution in [1.29, 1.82) is 0 Å². The van der Waals surface area contributed by atoms with Gasteiger partial charge in [-0.05, 0) is 75.0 Å². The van der Waals surface area contributed by atoms with Gasteiger partial charge in [0.1, 0.15) is 0 Å². The maximum absolute atomic E-state index is 13.2. The number of nitrogen functional groups attached to an aromatic ring is 1. The van der Waals surface area contributed by atoms with E-state index in [1.54, 1.807) is 0 Å². The monoisotopic (exact) mass is 397 g/mol. The van der Waals surface area contributed by atoms with Gasteiger partial charge in [-0.2, -0.15) is 0 Å². The average molecular weight is 398 g/mol. The molecule has 3 N–H and O–H groups in total. The SMILES string of the molecule is Nc1cccc2c1CCCN2C(=O)C1CCC(NC(=O)CC2CCCCC2)CC1. The average Bonchev–Trinajstić information content (AvgIpc) is 2.74. The lowest BCUT2D eigenvalue weighted by molar-refractivity contribution is -0.124. The van der Waals surface area contributed by atoms with Crippen LogP contribution in [0.3, 0.4) is 0 Å². The highest BCUT2D eigenvalue weighted by atomic mass is 16.2. The summed E-state index contributed by atoms with van der Waals surface area (Å²) in [5, 5.41) is 3.25. The molecular weight excluding hydrogens is 362 g/mol. The molecule has 158 valence electrons. The Morgan fingerprint density at radius 3 is 2.52 bits per heavy atom. The Bertz CT molecular complexity index is 734. The molecule has 1 aliphatic heterocycles. The summed E-state index contributed by atoms with van der Waals surface area (Å²) in [6, 6.07) is 6.13. The second-order valence-corrected chi connectivity index (χ2v) is 9.26. The third-order valence-corrected chi connectivity index (χ3v) is 7.19. The molecule has 4 rings (SSSR count). The fourth-order valence-corrected chi connectivity index (χ4v) is 5.53. The predicted molar refractivity (Wildman–Crippen MR) is 117 cm³/mol. The van der Waals surface area contributed by atoms with Gasteiger partial charge in [-0.1, -0.05) is 25.3 Å². The Hall–Kier alpha value is -2.04. The van der Waals surface area contributed by atoms with Crippen molar-refractivity contribution >= 4 is 23.2 Å². The van der Waals surface area contributed by atoms with Crippen molar-refractivity contribution in [2.24, 2.45) is 11.8 Å². The number of nitrogens with two attached hydrogens (primary N) is 1. The fraction of sp³-hybridized carbons (Fsp3) is 0.667. The number of amides is 2. The van der Waals surface area contributed by atoms with E-state index in [1.165, 1.54) is 32.1 Å². The van der Waals surface area contributed by atoms with Crippen molar-refractivity contribution in [3.8, 4) is 0 Å². The number of carbonyl (C=O) groups excluding carboxylic acids is 2. The summed E-state index contributed by atoms with van der Waals surface area (Å²) in [4.78, 5) is 27.6. The minimum absolute atomic E-state index is 0.0638. The number of hydrogen-bond acceptors (Lipinski definition) is 3. The Morgan fingerprint density at radius 2 is 1.76 bits per heavy atom. The van der Waals surface area contributed by atoms with Crippen LogP contribution in [0.2, 0.25) is 0 Å². The first-order chi connectivity index (χ1) is 14.1. The quantitative estimate of drug-likeness (QED) is 0.748. The van der Waals surface area contributed by atoms with Gasteiger partial charge >= 0.3 is 0 Å². The van der Waals surface area contributed by atoms with Crippen molar-refractivity contribution in [3.63, 3.8) is 0 Å². The Morgan fingerprint density at radius 1 is 1.00 bits per heavy atom. The Kier molecular flexibility index (Phi) is 6.41. The van der Waals surface area contributed by atoms with Crippen LogP contribution in [0.4, 0.5) is 11.4 Å². The lowest BCUT2D eigenvalue weighted by Gasteiger charge is -2.35. The molecule has 0 saturated heterocycles. The number of nitrogens with zero attached hydrogens (tertiary/aromatic N) is 1. The van der Waals surface area contributed by atoms with Crippen LogP contribution in [-0.4, -0.2) is 24.4 Å². The number of hydrogen-bond donors (Lipinski definition) is 2. The van der Waals surface area contributed by atoms with E-state index in [0.29, 0.717) is 12.3 Å². The molecule has 5 nitrogen and oxygen atoms in total. The summed E-state index contributed by atoms with van der Waals surface area (Å²) in [6.07, 6.45) is 12.4. The molecule has 5 heteroatoms. The van der Waals surface area contributed by atoms with Gasteiger partial charge in [0.15, 0.2) is 0 Å². The van der Waals surface area contributed by atoms with E-state index in [9.17, 15) is 9.59 Å². The highest BCUT2D eigenvalue weighted by Crippen LogP contribution is 2.35. The van der Waals surface area contributed by atoms with Crippen molar-refractivity contribution in [2.75, 3.05) is 17.2 Å². The lowest BCUT2D eigenvalue weighted by Crippen LogP contribution is -2.44. The first-order valence-corrected chi connectivity index (χ1v) is 11.6. The third kappa shape index (κ3) is 4.76. The minimum Gasteiger partial charge on any atom is -0.398 e. The van der Waals surface area contributed by atoms with Gasteiger partial charge in [-0.3, -0.25) is 9.59 Å². The molecule has 0 unspecified atom stereocenters. The second kappa shape index (κ2) is 9.19. The molecule has 29 heavy (non-hydrogen) atoms. The Balaban J connectivity index is 1.28. The van der Waals surface area contributed by atoms with E-state index in [4.69, 9.17) is 5.73 Å². The number of benzene rings is 1. The van der Waals surface area contributed by atoms with Crippen molar-refractivity contribution in [1.82, 2.24) is 5.32 Å². The zero-order valence-corrected chi connectivity index (χ0v) is 17.5. The number of carbonyl (C=O) groups is 2. The van der Waals surface area contributed by atoms with Crippen LogP contribution in [0.25, 0.3) is 0 Å². The predicted octanol–water partition coefficient (Wildman–Crippen LogP) is 4.19. The van der Waals surface area contributed by atoms with Crippen LogP contribution in [-0.2, 0) is 16.0 Å². The van der Waals surface area contributed by atoms with E-state index in [2.05, 4.69) is 5.32 Å². The summed E-state index contributed by atoms with van der Waals surface area (Å²) in [5.74, 6) is 1.10. The van der Waals surface area contributed by atoms with Gasteiger partial charge in [0.05, 0.1) is 0 Å². The first kappa shape index (κ1) is 20.2. The minimum atomic E-state index is 0.0638. The molecule has 2 fully saturated rings. The molecule has 2 amide bonds. The van der Waals surface area contributed by atoms with Gasteiger partial charge in [-0.15, -0.1) is 0 Å². The molecule has 0 atom stereocenters. The van der Waals surface area contributed by atoms with Crippen LogP contribution < -0.4 is 16.0 Å². The molecule has 3 aliphatic rings. The van der Waals surface area contributed by atoms with Gasteiger partial charge in [-0.25, -0.2) is 0 Å². The largest absolute Gasteiger partial charge is 0.398 e. The molecule has 0 aromatic heterocycles. The van der Waals surface area contributed by atoms with Gasteiger partial charge in [0, 0.05) is 36.3 Å².